The topological polar surface area (TPSA) is 51.2 Å². The molecule has 2 aromatic carbocycles. The van der Waals surface area contributed by atoms with E-state index >= 15 is 0 Å². The monoisotopic (exact) mass is 467 g/mol. The molecule has 1 aliphatic carbocycles. The summed E-state index contributed by atoms with van der Waals surface area (Å²) in [5.74, 6) is 0.623. The largest absolute Gasteiger partial charge is 0.393 e. The maximum atomic E-state index is 9.88. The highest BCUT2D eigenvalue weighted by Crippen LogP contribution is 2.34. The Morgan fingerprint density at radius 1 is 0.912 bits per heavy atom. The summed E-state index contributed by atoms with van der Waals surface area (Å²) >= 11 is 0. The highest BCUT2D eigenvalue weighted by atomic mass is 16.7. The molecule has 1 saturated heterocycles. The Kier molecular flexibility index (Phi) is 9.96. The number of benzene rings is 2. The number of morpholine rings is 1. The van der Waals surface area contributed by atoms with Crippen LogP contribution in [0.3, 0.4) is 0 Å². The second-order valence-corrected chi connectivity index (χ2v) is 9.88. The summed E-state index contributed by atoms with van der Waals surface area (Å²) in [6.07, 6.45) is 7.13. The van der Waals surface area contributed by atoms with Crippen LogP contribution >= 0.6 is 0 Å². The van der Waals surface area contributed by atoms with Crippen molar-refractivity contribution in [3.63, 3.8) is 0 Å². The molecule has 5 nitrogen and oxygen atoms in total. The van der Waals surface area contributed by atoms with Crippen molar-refractivity contribution >= 4 is 0 Å². The van der Waals surface area contributed by atoms with Gasteiger partial charge in [0.1, 0.15) is 0 Å². The zero-order valence-electron chi connectivity index (χ0n) is 20.6. The van der Waals surface area contributed by atoms with E-state index in [4.69, 9.17) is 14.2 Å². The molecule has 2 aliphatic rings. The van der Waals surface area contributed by atoms with Crippen molar-refractivity contribution < 1.29 is 19.3 Å². The van der Waals surface area contributed by atoms with Crippen LogP contribution in [0.4, 0.5) is 0 Å². The predicted molar refractivity (Wildman–Crippen MR) is 134 cm³/mol. The summed E-state index contributed by atoms with van der Waals surface area (Å²) < 4.78 is 19.3. The molecule has 2 fully saturated rings. The number of aliphatic hydroxyl groups is 1. The van der Waals surface area contributed by atoms with E-state index in [1.54, 1.807) is 0 Å². The van der Waals surface area contributed by atoms with Gasteiger partial charge in [-0.3, -0.25) is 4.90 Å². The third-order valence-electron chi connectivity index (χ3n) is 7.17. The molecule has 0 radical (unpaired) electrons. The summed E-state index contributed by atoms with van der Waals surface area (Å²) in [7, 11) is 0. The van der Waals surface area contributed by atoms with E-state index in [0.29, 0.717) is 31.8 Å². The molecule has 1 unspecified atom stereocenters. The minimum atomic E-state index is -0.449. The van der Waals surface area contributed by atoms with Crippen molar-refractivity contribution in [2.24, 2.45) is 5.92 Å². The average molecular weight is 468 g/mol. The summed E-state index contributed by atoms with van der Waals surface area (Å²) in [5.41, 5.74) is 2.27. The molecule has 1 heterocycles. The first-order valence-corrected chi connectivity index (χ1v) is 13.1. The third-order valence-corrected chi connectivity index (χ3v) is 7.17. The molecule has 4 atom stereocenters. The van der Waals surface area contributed by atoms with Crippen LogP contribution in [0.25, 0.3) is 0 Å². The van der Waals surface area contributed by atoms with Gasteiger partial charge in [-0.25, -0.2) is 0 Å². The van der Waals surface area contributed by atoms with E-state index in [1.807, 2.05) is 43.3 Å². The van der Waals surface area contributed by atoms with Crippen molar-refractivity contribution in [3.8, 4) is 0 Å². The van der Waals surface area contributed by atoms with Gasteiger partial charge >= 0.3 is 0 Å². The lowest BCUT2D eigenvalue weighted by Crippen LogP contribution is -2.61. The van der Waals surface area contributed by atoms with Crippen LogP contribution < -0.4 is 0 Å². The quantitative estimate of drug-likeness (QED) is 0.472. The van der Waals surface area contributed by atoms with Crippen molar-refractivity contribution in [1.29, 1.82) is 0 Å². The SMILES string of the molecule is C[C@@H](O)CCCN1C(C2CCCCC2)CO[C@H](OCc2ccccc2)[C@H]1OCc1ccccc1. The molecule has 0 spiro atoms. The van der Waals surface area contributed by atoms with Gasteiger partial charge in [0.15, 0.2) is 12.5 Å². The Balaban J connectivity index is 1.51. The minimum absolute atomic E-state index is 0.279. The fourth-order valence-corrected chi connectivity index (χ4v) is 5.32. The second kappa shape index (κ2) is 13.4. The average Bonchev–Trinajstić information content (AvgIpc) is 2.88. The number of aliphatic hydroxyl groups excluding tert-OH is 1. The van der Waals surface area contributed by atoms with E-state index < -0.39 is 6.29 Å². The molecule has 34 heavy (non-hydrogen) atoms. The molecule has 0 aromatic heterocycles. The minimum Gasteiger partial charge on any atom is -0.393 e. The van der Waals surface area contributed by atoms with Gasteiger partial charge in [-0.2, -0.15) is 0 Å². The van der Waals surface area contributed by atoms with Crippen molar-refractivity contribution in [3.05, 3.63) is 71.8 Å². The Labute approximate surface area is 205 Å². The van der Waals surface area contributed by atoms with Gasteiger partial charge in [0.2, 0.25) is 0 Å². The van der Waals surface area contributed by atoms with Crippen LogP contribution in [-0.2, 0) is 27.4 Å². The Hall–Kier alpha value is -1.76. The molecular weight excluding hydrogens is 426 g/mol. The summed E-state index contributed by atoms with van der Waals surface area (Å²) in [6.45, 7) is 4.42. The molecular formula is C29H41NO4. The third kappa shape index (κ3) is 7.37. The number of hydrogen-bond acceptors (Lipinski definition) is 5. The highest BCUT2D eigenvalue weighted by molar-refractivity contribution is 5.14. The maximum Gasteiger partial charge on any atom is 0.198 e. The Morgan fingerprint density at radius 3 is 2.15 bits per heavy atom. The van der Waals surface area contributed by atoms with E-state index in [0.717, 1.165) is 30.5 Å². The standard InChI is InChI=1S/C29H41NO4/c1-23(31)12-11-19-30-27(26-17-9-4-10-18-26)22-34-29(33-21-25-15-7-3-8-16-25)28(30)32-20-24-13-5-2-6-14-24/h2-3,5-8,13-16,23,26-29,31H,4,9-12,17-22H2,1H3/t23-,27?,28-,29+/m1/s1. The van der Waals surface area contributed by atoms with Crippen LogP contribution in [-0.4, -0.2) is 47.8 Å². The fraction of sp³-hybridized carbons (Fsp3) is 0.586. The summed E-state index contributed by atoms with van der Waals surface area (Å²) in [6, 6.07) is 20.9. The van der Waals surface area contributed by atoms with E-state index in [2.05, 4.69) is 29.2 Å². The first-order valence-electron chi connectivity index (χ1n) is 13.1. The zero-order valence-corrected chi connectivity index (χ0v) is 20.6. The first-order chi connectivity index (χ1) is 16.7. The van der Waals surface area contributed by atoms with E-state index in [1.165, 1.54) is 32.1 Å². The van der Waals surface area contributed by atoms with Gasteiger partial charge < -0.3 is 19.3 Å². The molecule has 1 N–H and O–H groups in total. The number of hydrogen-bond donors (Lipinski definition) is 1. The first kappa shape index (κ1) is 25.3. The Bertz CT molecular complexity index is 809. The van der Waals surface area contributed by atoms with Crippen LogP contribution in [0.15, 0.2) is 60.7 Å². The van der Waals surface area contributed by atoms with Crippen LogP contribution in [0, 0.1) is 5.92 Å². The zero-order chi connectivity index (χ0) is 23.6. The van der Waals surface area contributed by atoms with Gasteiger partial charge in [-0.15, -0.1) is 0 Å². The molecule has 4 rings (SSSR count). The number of ether oxygens (including phenoxy) is 3. The second-order valence-electron chi connectivity index (χ2n) is 9.88. The van der Waals surface area contributed by atoms with Crippen LogP contribution in [0.5, 0.6) is 0 Å². The molecule has 1 saturated carbocycles. The lowest BCUT2D eigenvalue weighted by molar-refractivity contribution is -0.300. The van der Waals surface area contributed by atoms with E-state index in [9.17, 15) is 5.11 Å². The van der Waals surface area contributed by atoms with Gasteiger partial charge in [-0.1, -0.05) is 79.9 Å². The van der Waals surface area contributed by atoms with Gasteiger partial charge in [0, 0.05) is 12.6 Å². The number of nitrogens with zero attached hydrogens (tertiary/aromatic N) is 1. The van der Waals surface area contributed by atoms with Crippen LogP contribution in [0.2, 0.25) is 0 Å². The normalized spacial score (nSPS) is 25.3. The van der Waals surface area contributed by atoms with Crippen molar-refractivity contribution in [1.82, 2.24) is 4.90 Å². The molecule has 1 aliphatic heterocycles. The lowest BCUT2D eigenvalue weighted by atomic mass is 9.83. The van der Waals surface area contributed by atoms with Gasteiger partial charge in [0.25, 0.3) is 0 Å². The summed E-state index contributed by atoms with van der Waals surface area (Å²) in [5, 5.41) is 9.88. The van der Waals surface area contributed by atoms with E-state index in [-0.39, 0.29) is 12.3 Å². The summed E-state index contributed by atoms with van der Waals surface area (Å²) in [4.78, 5) is 2.50. The van der Waals surface area contributed by atoms with Crippen LogP contribution in [0.1, 0.15) is 63.0 Å². The Morgan fingerprint density at radius 2 is 1.53 bits per heavy atom. The van der Waals surface area contributed by atoms with Crippen molar-refractivity contribution in [2.45, 2.75) is 89.7 Å². The molecule has 0 amide bonds. The van der Waals surface area contributed by atoms with Gasteiger partial charge in [-0.05, 0) is 49.7 Å². The maximum absolute atomic E-state index is 9.88. The number of rotatable bonds is 11. The van der Waals surface area contributed by atoms with Gasteiger partial charge in [0.05, 0.1) is 25.9 Å². The molecule has 2 aromatic rings. The molecule has 0 bridgehead atoms. The lowest BCUT2D eigenvalue weighted by Gasteiger charge is -2.48. The highest BCUT2D eigenvalue weighted by Gasteiger charge is 2.42. The smallest absolute Gasteiger partial charge is 0.198 e. The predicted octanol–water partition coefficient (Wildman–Crippen LogP) is 5.51. The van der Waals surface area contributed by atoms with Crippen molar-refractivity contribution in [2.75, 3.05) is 13.2 Å². The fourth-order valence-electron chi connectivity index (χ4n) is 5.32. The molecule has 5 heteroatoms. The molecule has 186 valence electrons.